The van der Waals surface area contributed by atoms with Crippen molar-refractivity contribution in [3.63, 3.8) is 0 Å². The van der Waals surface area contributed by atoms with Gasteiger partial charge in [-0.3, -0.25) is 4.79 Å². The van der Waals surface area contributed by atoms with E-state index in [0.717, 1.165) is 33.2 Å². The lowest BCUT2D eigenvalue weighted by molar-refractivity contribution is -0.138. The van der Waals surface area contributed by atoms with Crippen molar-refractivity contribution in [2.45, 2.75) is 11.8 Å². The minimum atomic E-state index is -0.819. The normalized spacial score (nSPS) is 20.3. The molecular weight excluding hydrogens is 362 g/mol. The van der Waals surface area contributed by atoms with Crippen LogP contribution >= 0.6 is 0 Å². The lowest BCUT2D eigenvalue weighted by atomic mass is 9.63. The Morgan fingerprint density at radius 2 is 1.79 bits per heavy atom. The molecule has 0 bridgehead atoms. The molecule has 1 atom stereocenters. The van der Waals surface area contributed by atoms with Crippen LogP contribution in [-0.4, -0.2) is 32.5 Å². The van der Waals surface area contributed by atoms with Crippen LogP contribution in [0.5, 0.6) is 0 Å². The molecule has 1 spiro atoms. The number of hydrogen-bond acceptors (Lipinski definition) is 4. The average Bonchev–Trinajstić information content (AvgIpc) is 2.76. The summed E-state index contributed by atoms with van der Waals surface area (Å²) in [4.78, 5) is 28.3. The first-order chi connectivity index (χ1) is 14.0. The Hall–Kier alpha value is -3.40. The Labute approximate surface area is 169 Å². The number of nitrogens with zero attached hydrogens (tertiary/aromatic N) is 1. The van der Waals surface area contributed by atoms with E-state index in [-0.39, 0.29) is 11.4 Å². The lowest BCUT2D eigenvalue weighted by Gasteiger charge is -2.45. The van der Waals surface area contributed by atoms with Gasteiger partial charge in [-0.25, -0.2) is 4.79 Å². The number of esters is 1. The smallest absolute Gasteiger partial charge is 0.341 e. The topological polar surface area (TPSA) is 46.6 Å². The molecule has 0 N–H and O–H groups in total. The molecule has 3 aromatic rings. The summed E-state index contributed by atoms with van der Waals surface area (Å²) < 4.78 is 4.93. The third-order valence-corrected chi connectivity index (χ3v) is 6.27. The van der Waals surface area contributed by atoms with Crippen LogP contribution < -0.4 is 4.90 Å². The van der Waals surface area contributed by atoms with Crippen molar-refractivity contribution in [3.8, 4) is 0 Å². The maximum absolute atomic E-state index is 13.8. The number of hydrogen-bond donors (Lipinski definition) is 0. The van der Waals surface area contributed by atoms with Gasteiger partial charge in [0, 0.05) is 19.3 Å². The molecule has 4 nitrogen and oxygen atoms in total. The molecule has 29 heavy (non-hydrogen) atoms. The van der Waals surface area contributed by atoms with Gasteiger partial charge in [0.2, 0.25) is 0 Å². The van der Waals surface area contributed by atoms with E-state index in [1.54, 1.807) is 6.08 Å². The van der Waals surface area contributed by atoms with Gasteiger partial charge in [-0.15, -0.1) is 0 Å². The number of likely N-dealkylation sites (N-methyl/N-ethyl adjacent to an activating group) is 1. The second-order valence-corrected chi connectivity index (χ2v) is 7.87. The van der Waals surface area contributed by atoms with Crippen molar-refractivity contribution in [2.75, 3.05) is 25.6 Å². The highest BCUT2D eigenvalue weighted by Crippen LogP contribution is 2.46. The Morgan fingerprint density at radius 3 is 2.62 bits per heavy atom. The fourth-order valence-corrected chi connectivity index (χ4v) is 4.97. The third kappa shape index (κ3) is 2.45. The van der Waals surface area contributed by atoms with Crippen molar-refractivity contribution in [3.05, 3.63) is 82.9 Å². The number of carbonyl (C=O) groups excluding carboxylic acids is 2. The van der Waals surface area contributed by atoms with E-state index in [0.29, 0.717) is 13.0 Å². The minimum absolute atomic E-state index is 0.128. The maximum atomic E-state index is 13.8. The molecule has 1 aliphatic carbocycles. The van der Waals surface area contributed by atoms with E-state index < -0.39 is 11.4 Å². The highest BCUT2D eigenvalue weighted by Gasteiger charge is 2.50. The predicted molar refractivity (Wildman–Crippen MR) is 114 cm³/mol. The number of carbonyl (C=O) groups is 2. The summed E-state index contributed by atoms with van der Waals surface area (Å²) in [6, 6.07) is 20.4. The lowest BCUT2D eigenvalue weighted by Crippen LogP contribution is -2.53. The summed E-state index contributed by atoms with van der Waals surface area (Å²) in [7, 11) is 3.33. The molecule has 1 heterocycles. The zero-order chi connectivity index (χ0) is 20.2. The van der Waals surface area contributed by atoms with Gasteiger partial charge in [0.1, 0.15) is 5.57 Å². The second-order valence-electron chi connectivity index (χ2n) is 7.87. The average molecular weight is 383 g/mol. The van der Waals surface area contributed by atoms with Gasteiger partial charge < -0.3 is 9.64 Å². The van der Waals surface area contributed by atoms with Crippen LogP contribution in [0.1, 0.15) is 16.7 Å². The van der Waals surface area contributed by atoms with Crippen LogP contribution in [0, 0.1) is 0 Å². The minimum Gasteiger partial charge on any atom is -0.465 e. The van der Waals surface area contributed by atoms with Crippen LogP contribution in [-0.2, 0) is 26.2 Å². The van der Waals surface area contributed by atoms with Crippen molar-refractivity contribution < 1.29 is 14.3 Å². The quantitative estimate of drug-likeness (QED) is 0.472. The molecule has 1 unspecified atom stereocenters. The molecule has 144 valence electrons. The summed E-state index contributed by atoms with van der Waals surface area (Å²) in [5.74, 6) is -0.733. The third-order valence-electron chi connectivity index (χ3n) is 6.27. The summed E-state index contributed by atoms with van der Waals surface area (Å²) >= 11 is 0. The number of fused-ring (bicyclic) bond motifs is 5. The Kier molecular flexibility index (Phi) is 3.85. The molecular formula is C25H21NO3. The molecule has 2 aliphatic rings. The van der Waals surface area contributed by atoms with Gasteiger partial charge in [-0.2, -0.15) is 0 Å². The fraction of sp³-hybridized carbons (Fsp3) is 0.200. The first kappa shape index (κ1) is 17.7. The number of ether oxygens (including phenoxy) is 1. The Morgan fingerprint density at radius 1 is 1.03 bits per heavy atom. The first-order valence-corrected chi connectivity index (χ1v) is 9.71. The van der Waals surface area contributed by atoms with E-state index in [2.05, 4.69) is 29.2 Å². The molecule has 0 saturated heterocycles. The van der Waals surface area contributed by atoms with Crippen LogP contribution in [0.25, 0.3) is 16.8 Å². The Balaban J connectivity index is 1.77. The molecule has 5 rings (SSSR count). The largest absolute Gasteiger partial charge is 0.465 e. The summed E-state index contributed by atoms with van der Waals surface area (Å²) in [5.41, 5.74) is 3.47. The van der Waals surface area contributed by atoms with Crippen LogP contribution in [0.2, 0.25) is 0 Å². The molecule has 1 aliphatic heterocycles. The highest BCUT2D eigenvalue weighted by atomic mass is 16.5. The SMILES string of the molecule is COC(=O)C1=Cc2ccccc2C2(Cc3c(ccc4ccccc34)N(C)C2)C1=O. The standard InChI is InChI=1S/C25H21NO3/c1-26-15-25(14-20-18-9-5-3-7-16(18)11-12-22(20)26)21-10-6-4-8-17(21)13-19(23(25)27)24(28)29-2/h3-13H,14-15H2,1-2H3. The molecule has 0 aromatic heterocycles. The second kappa shape index (κ2) is 6.31. The molecule has 0 amide bonds. The molecule has 0 fully saturated rings. The van der Waals surface area contributed by atoms with E-state index in [9.17, 15) is 9.59 Å². The number of anilines is 1. The van der Waals surface area contributed by atoms with Crippen molar-refractivity contribution >= 4 is 34.3 Å². The van der Waals surface area contributed by atoms with Crippen molar-refractivity contribution in [1.29, 1.82) is 0 Å². The van der Waals surface area contributed by atoms with Gasteiger partial charge >= 0.3 is 5.97 Å². The fourth-order valence-electron chi connectivity index (χ4n) is 4.97. The van der Waals surface area contributed by atoms with Crippen LogP contribution in [0.3, 0.4) is 0 Å². The van der Waals surface area contributed by atoms with E-state index in [4.69, 9.17) is 4.74 Å². The molecule has 0 radical (unpaired) electrons. The molecule has 0 saturated carbocycles. The van der Waals surface area contributed by atoms with Gasteiger partial charge in [0.05, 0.1) is 12.5 Å². The predicted octanol–water partition coefficient (Wildman–Crippen LogP) is 3.91. The summed E-state index contributed by atoms with van der Waals surface area (Å²) in [6.07, 6.45) is 2.23. The number of methoxy groups -OCH3 is 1. The van der Waals surface area contributed by atoms with Crippen LogP contribution in [0.4, 0.5) is 5.69 Å². The van der Waals surface area contributed by atoms with Gasteiger partial charge in [0.15, 0.2) is 5.78 Å². The van der Waals surface area contributed by atoms with E-state index in [1.165, 1.54) is 7.11 Å². The van der Waals surface area contributed by atoms with Crippen LogP contribution in [0.15, 0.2) is 66.2 Å². The zero-order valence-electron chi connectivity index (χ0n) is 16.4. The van der Waals surface area contributed by atoms with E-state index >= 15 is 0 Å². The highest BCUT2D eigenvalue weighted by molar-refractivity contribution is 6.26. The number of benzene rings is 3. The number of rotatable bonds is 1. The number of Topliss-reactive ketones (excluding diaryl/α,β-unsaturated/α-hetero) is 1. The van der Waals surface area contributed by atoms with Crippen molar-refractivity contribution in [2.24, 2.45) is 0 Å². The zero-order valence-corrected chi connectivity index (χ0v) is 16.4. The molecule has 4 heteroatoms. The van der Waals surface area contributed by atoms with E-state index in [1.807, 2.05) is 43.4 Å². The summed E-state index contributed by atoms with van der Waals surface area (Å²) in [6.45, 7) is 0.516. The monoisotopic (exact) mass is 383 g/mol. The summed E-state index contributed by atoms with van der Waals surface area (Å²) in [5, 5.41) is 2.30. The Bertz CT molecular complexity index is 1210. The molecule has 3 aromatic carbocycles. The number of ketones is 1. The van der Waals surface area contributed by atoms with Gasteiger partial charge in [-0.1, -0.05) is 54.6 Å². The van der Waals surface area contributed by atoms with Gasteiger partial charge in [0.25, 0.3) is 0 Å². The van der Waals surface area contributed by atoms with Crippen molar-refractivity contribution in [1.82, 2.24) is 0 Å². The first-order valence-electron chi connectivity index (χ1n) is 9.71. The van der Waals surface area contributed by atoms with Gasteiger partial charge in [-0.05, 0) is 46.0 Å². The maximum Gasteiger partial charge on any atom is 0.341 e.